The van der Waals surface area contributed by atoms with Crippen LogP contribution in [-0.4, -0.2) is 33.2 Å². The van der Waals surface area contributed by atoms with E-state index in [2.05, 4.69) is 25.2 Å². The van der Waals surface area contributed by atoms with Crippen LogP contribution in [0.5, 0.6) is 0 Å². The quantitative estimate of drug-likeness (QED) is 0.512. The summed E-state index contributed by atoms with van der Waals surface area (Å²) in [6, 6.07) is 15.0. The molecule has 3 aromatic heterocycles. The van der Waals surface area contributed by atoms with Crippen LogP contribution in [0.1, 0.15) is 10.5 Å². The summed E-state index contributed by atoms with van der Waals surface area (Å²) in [5.74, 6) is 0.00753. The Balaban J connectivity index is 1.54. The van der Waals surface area contributed by atoms with Gasteiger partial charge in [0.25, 0.3) is 0 Å². The molecule has 0 aliphatic heterocycles. The van der Waals surface area contributed by atoms with E-state index in [4.69, 9.17) is 4.98 Å². The van der Waals surface area contributed by atoms with Crippen molar-refractivity contribution in [1.29, 1.82) is 0 Å². The smallest absolute Gasteiger partial charge is 0.358 e. The minimum absolute atomic E-state index is 0.159. The Labute approximate surface area is 165 Å². The number of nitrogens with zero attached hydrogens (tertiary/aromatic N) is 4. The molecule has 0 atom stereocenters. The SMILES string of the molecule is COC(=O)c1ccc(Nc2cccc(-c3csc(-c4cccnc4)n3)c2)nn1. The highest BCUT2D eigenvalue weighted by Crippen LogP contribution is 2.30. The van der Waals surface area contributed by atoms with Crippen LogP contribution in [0.25, 0.3) is 21.8 Å². The van der Waals surface area contributed by atoms with E-state index in [9.17, 15) is 4.79 Å². The van der Waals surface area contributed by atoms with Crippen molar-refractivity contribution in [3.8, 4) is 21.8 Å². The zero-order valence-electron chi connectivity index (χ0n) is 14.9. The summed E-state index contributed by atoms with van der Waals surface area (Å²) in [4.78, 5) is 20.3. The highest BCUT2D eigenvalue weighted by Gasteiger charge is 2.09. The third kappa shape index (κ3) is 3.86. The first kappa shape index (κ1) is 17.7. The molecule has 138 valence electrons. The van der Waals surface area contributed by atoms with Gasteiger partial charge in [-0.15, -0.1) is 21.5 Å². The molecule has 0 saturated carbocycles. The summed E-state index contributed by atoms with van der Waals surface area (Å²) in [6.45, 7) is 0. The first-order valence-electron chi connectivity index (χ1n) is 8.38. The van der Waals surface area contributed by atoms with Gasteiger partial charge in [-0.3, -0.25) is 4.98 Å². The van der Waals surface area contributed by atoms with Crippen LogP contribution in [0.15, 0.2) is 66.3 Å². The van der Waals surface area contributed by atoms with Crippen molar-refractivity contribution in [3.63, 3.8) is 0 Å². The summed E-state index contributed by atoms with van der Waals surface area (Å²) in [5, 5.41) is 14.0. The Morgan fingerprint density at radius 1 is 1.07 bits per heavy atom. The van der Waals surface area contributed by atoms with E-state index in [1.54, 1.807) is 35.9 Å². The number of esters is 1. The lowest BCUT2D eigenvalue weighted by Crippen LogP contribution is -2.06. The van der Waals surface area contributed by atoms with E-state index in [1.165, 1.54) is 7.11 Å². The number of aromatic nitrogens is 4. The number of thiazole rings is 1. The Morgan fingerprint density at radius 3 is 2.71 bits per heavy atom. The first-order chi connectivity index (χ1) is 13.7. The van der Waals surface area contributed by atoms with Crippen molar-refractivity contribution in [1.82, 2.24) is 20.2 Å². The number of pyridine rings is 1. The van der Waals surface area contributed by atoms with E-state index in [0.29, 0.717) is 5.82 Å². The highest BCUT2D eigenvalue weighted by atomic mass is 32.1. The third-order valence-electron chi connectivity index (χ3n) is 3.90. The van der Waals surface area contributed by atoms with Gasteiger partial charge >= 0.3 is 5.97 Å². The number of methoxy groups -OCH3 is 1. The Morgan fingerprint density at radius 2 is 1.96 bits per heavy atom. The van der Waals surface area contributed by atoms with Crippen LogP contribution in [0.4, 0.5) is 11.5 Å². The second kappa shape index (κ2) is 7.93. The predicted molar refractivity (Wildman–Crippen MR) is 107 cm³/mol. The lowest BCUT2D eigenvalue weighted by Gasteiger charge is -2.07. The number of carbonyl (C=O) groups excluding carboxylic acids is 1. The Kier molecular flexibility index (Phi) is 5.03. The maximum atomic E-state index is 11.4. The molecule has 3 heterocycles. The van der Waals surface area contributed by atoms with E-state index in [0.717, 1.165) is 27.5 Å². The molecule has 0 aliphatic rings. The number of hydrogen-bond donors (Lipinski definition) is 1. The topological polar surface area (TPSA) is 89.9 Å². The minimum Gasteiger partial charge on any atom is -0.464 e. The molecule has 8 heteroatoms. The fourth-order valence-electron chi connectivity index (χ4n) is 2.54. The number of benzene rings is 1. The molecule has 28 heavy (non-hydrogen) atoms. The third-order valence-corrected chi connectivity index (χ3v) is 4.79. The molecule has 4 rings (SSSR count). The van der Waals surface area contributed by atoms with Crippen LogP contribution in [-0.2, 0) is 4.74 Å². The van der Waals surface area contributed by atoms with Crippen LogP contribution in [0, 0.1) is 0 Å². The molecule has 0 saturated heterocycles. The van der Waals surface area contributed by atoms with Crippen LogP contribution < -0.4 is 5.32 Å². The van der Waals surface area contributed by atoms with Crippen LogP contribution >= 0.6 is 11.3 Å². The summed E-state index contributed by atoms with van der Waals surface area (Å²) in [5.41, 5.74) is 3.87. The molecule has 0 aliphatic carbocycles. The molecule has 0 amide bonds. The van der Waals surface area contributed by atoms with Gasteiger partial charge in [0.05, 0.1) is 12.8 Å². The molecule has 1 aromatic carbocycles. The number of nitrogens with one attached hydrogen (secondary N) is 1. The normalized spacial score (nSPS) is 10.5. The lowest BCUT2D eigenvalue weighted by atomic mass is 10.1. The summed E-state index contributed by atoms with van der Waals surface area (Å²) in [7, 11) is 1.31. The van der Waals surface area contributed by atoms with Crippen molar-refractivity contribution < 1.29 is 9.53 Å². The monoisotopic (exact) mass is 389 g/mol. The largest absolute Gasteiger partial charge is 0.464 e. The van der Waals surface area contributed by atoms with Crippen LogP contribution in [0.2, 0.25) is 0 Å². The van der Waals surface area contributed by atoms with Gasteiger partial charge in [-0.2, -0.15) is 0 Å². The second-order valence-corrected chi connectivity index (χ2v) is 6.64. The zero-order chi connectivity index (χ0) is 19.3. The number of rotatable bonds is 5. The van der Waals surface area contributed by atoms with Gasteiger partial charge < -0.3 is 10.1 Å². The van der Waals surface area contributed by atoms with Gasteiger partial charge in [-0.05, 0) is 36.4 Å². The van der Waals surface area contributed by atoms with Crippen molar-refractivity contribution in [2.45, 2.75) is 0 Å². The van der Waals surface area contributed by atoms with E-state index in [-0.39, 0.29) is 5.69 Å². The zero-order valence-corrected chi connectivity index (χ0v) is 15.7. The first-order valence-corrected chi connectivity index (χ1v) is 9.26. The van der Waals surface area contributed by atoms with Crippen molar-refractivity contribution in [2.24, 2.45) is 0 Å². The average Bonchev–Trinajstić information content (AvgIpc) is 3.25. The second-order valence-electron chi connectivity index (χ2n) is 5.78. The highest BCUT2D eigenvalue weighted by molar-refractivity contribution is 7.13. The summed E-state index contributed by atoms with van der Waals surface area (Å²) >= 11 is 1.58. The standard InChI is InChI=1S/C20H15N5O2S/c1-27-20(26)16-7-8-18(25-24-16)22-15-6-2-4-13(10-15)17-12-28-19(23-17)14-5-3-9-21-11-14/h2-12H,1H3,(H,22,25). The van der Waals surface area contributed by atoms with E-state index in [1.807, 2.05) is 41.8 Å². The average molecular weight is 389 g/mol. The molecular weight excluding hydrogens is 374 g/mol. The van der Waals surface area contributed by atoms with Gasteiger partial charge in [-0.25, -0.2) is 9.78 Å². The Hall–Kier alpha value is -3.65. The van der Waals surface area contributed by atoms with Gasteiger partial charge in [-0.1, -0.05) is 12.1 Å². The fraction of sp³-hybridized carbons (Fsp3) is 0.0500. The van der Waals surface area contributed by atoms with Gasteiger partial charge in [0, 0.05) is 34.6 Å². The summed E-state index contributed by atoms with van der Waals surface area (Å²) < 4.78 is 4.62. The maximum Gasteiger partial charge on any atom is 0.358 e. The fourth-order valence-corrected chi connectivity index (χ4v) is 3.36. The molecule has 7 nitrogen and oxygen atoms in total. The number of anilines is 2. The number of hydrogen-bond acceptors (Lipinski definition) is 8. The number of ether oxygens (including phenoxy) is 1. The Bertz CT molecular complexity index is 1100. The van der Waals surface area contributed by atoms with Gasteiger partial charge in [0.1, 0.15) is 5.01 Å². The molecular formula is C20H15N5O2S. The molecule has 1 N–H and O–H groups in total. The molecule has 0 radical (unpaired) electrons. The van der Waals surface area contributed by atoms with E-state index < -0.39 is 5.97 Å². The minimum atomic E-state index is -0.519. The van der Waals surface area contributed by atoms with Gasteiger partial charge in [0.2, 0.25) is 0 Å². The molecule has 0 fully saturated rings. The maximum absolute atomic E-state index is 11.4. The summed E-state index contributed by atoms with van der Waals surface area (Å²) in [6.07, 6.45) is 3.55. The number of carbonyl (C=O) groups is 1. The van der Waals surface area contributed by atoms with Crippen molar-refractivity contribution >= 4 is 28.8 Å². The lowest BCUT2D eigenvalue weighted by molar-refractivity contribution is 0.0593. The van der Waals surface area contributed by atoms with Gasteiger partial charge in [0.15, 0.2) is 11.5 Å². The van der Waals surface area contributed by atoms with Crippen molar-refractivity contribution in [3.05, 3.63) is 72.0 Å². The van der Waals surface area contributed by atoms with Crippen LogP contribution in [0.3, 0.4) is 0 Å². The van der Waals surface area contributed by atoms with Crippen molar-refractivity contribution in [2.75, 3.05) is 12.4 Å². The molecule has 0 unspecified atom stereocenters. The molecule has 0 bridgehead atoms. The molecule has 0 spiro atoms. The molecule has 4 aromatic rings. The predicted octanol–water partition coefficient (Wildman–Crippen LogP) is 4.19. The van der Waals surface area contributed by atoms with E-state index >= 15 is 0 Å².